The Morgan fingerprint density at radius 1 is 1.57 bits per heavy atom. The van der Waals surface area contributed by atoms with E-state index in [0.717, 1.165) is 26.1 Å². The second kappa shape index (κ2) is 4.53. The highest BCUT2D eigenvalue weighted by molar-refractivity contribution is 5.28. The smallest absolute Gasteiger partial charge is 0.0535 e. The van der Waals surface area contributed by atoms with E-state index in [2.05, 4.69) is 11.1 Å². The summed E-state index contributed by atoms with van der Waals surface area (Å²) < 4.78 is 5.39. The standard InChI is InChI=1S/C11H16N2O/c12-4-1-9-7-13-5-2-11(9)10-3-6-14-8-10/h2,5,7,10H,1,3-4,6,8,12H2. The maximum Gasteiger partial charge on any atom is 0.0535 e. The molecule has 0 amide bonds. The van der Waals surface area contributed by atoms with Crippen LogP contribution in [-0.2, 0) is 11.2 Å². The highest BCUT2D eigenvalue weighted by atomic mass is 16.5. The summed E-state index contributed by atoms with van der Waals surface area (Å²) in [5, 5.41) is 0. The lowest BCUT2D eigenvalue weighted by Gasteiger charge is -2.12. The van der Waals surface area contributed by atoms with E-state index in [1.165, 1.54) is 11.1 Å². The summed E-state index contributed by atoms with van der Waals surface area (Å²) in [7, 11) is 0. The molecule has 0 radical (unpaired) electrons. The van der Waals surface area contributed by atoms with Crippen molar-refractivity contribution in [1.29, 1.82) is 0 Å². The van der Waals surface area contributed by atoms with Gasteiger partial charge in [-0.15, -0.1) is 0 Å². The van der Waals surface area contributed by atoms with Crippen molar-refractivity contribution in [3.8, 4) is 0 Å². The van der Waals surface area contributed by atoms with Crippen molar-refractivity contribution in [3.63, 3.8) is 0 Å². The number of nitrogens with two attached hydrogens (primary N) is 1. The Labute approximate surface area is 84.3 Å². The van der Waals surface area contributed by atoms with Crippen molar-refractivity contribution in [3.05, 3.63) is 29.6 Å². The van der Waals surface area contributed by atoms with E-state index < -0.39 is 0 Å². The van der Waals surface area contributed by atoms with Gasteiger partial charge in [-0.1, -0.05) is 0 Å². The summed E-state index contributed by atoms with van der Waals surface area (Å²) in [5.74, 6) is 0.555. The molecule has 0 aromatic carbocycles. The Kier molecular flexibility index (Phi) is 3.11. The molecule has 0 saturated carbocycles. The van der Waals surface area contributed by atoms with Crippen molar-refractivity contribution in [2.75, 3.05) is 19.8 Å². The first-order valence-electron chi connectivity index (χ1n) is 5.12. The van der Waals surface area contributed by atoms with Crippen LogP contribution < -0.4 is 5.73 Å². The van der Waals surface area contributed by atoms with Crippen LogP contribution in [0.25, 0.3) is 0 Å². The molecule has 1 aromatic rings. The summed E-state index contributed by atoms with van der Waals surface area (Å²) in [6, 6.07) is 2.10. The van der Waals surface area contributed by atoms with Gasteiger partial charge in [0.1, 0.15) is 0 Å². The molecular weight excluding hydrogens is 176 g/mol. The lowest BCUT2D eigenvalue weighted by atomic mass is 9.94. The minimum Gasteiger partial charge on any atom is -0.381 e. The predicted octanol–water partition coefficient (Wildman–Crippen LogP) is 1.09. The molecule has 1 aliphatic heterocycles. The van der Waals surface area contributed by atoms with Crippen LogP contribution in [0.4, 0.5) is 0 Å². The molecule has 1 unspecified atom stereocenters. The third-order valence-corrected chi connectivity index (χ3v) is 2.72. The summed E-state index contributed by atoms with van der Waals surface area (Å²) in [6.07, 6.45) is 5.83. The van der Waals surface area contributed by atoms with E-state index in [-0.39, 0.29) is 0 Å². The lowest BCUT2D eigenvalue weighted by molar-refractivity contribution is 0.194. The van der Waals surface area contributed by atoms with Gasteiger partial charge in [0, 0.05) is 24.9 Å². The van der Waals surface area contributed by atoms with Gasteiger partial charge in [0.2, 0.25) is 0 Å². The number of rotatable bonds is 3. The number of nitrogens with zero attached hydrogens (tertiary/aromatic N) is 1. The van der Waals surface area contributed by atoms with Crippen LogP contribution in [0.1, 0.15) is 23.5 Å². The summed E-state index contributed by atoms with van der Waals surface area (Å²) in [4.78, 5) is 4.14. The van der Waals surface area contributed by atoms with E-state index in [1.54, 1.807) is 0 Å². The van der Waals surface area contributed by atoms with E-state index in [4.69, 9.17) is 10.5 Å². The Bertz CT molecular complexity index is 295. The Hall–Kier alpha value is -0.930. The average molecular weight is 192 g/mol. The number of pyridine rings is 1. The Morgan fingerprint density at radius 3 is 3.21 bits per heavy atom. The third-order valence-electron chi connectivity index (χ3n) is 2.72. The second-order valence-corrected chi connectivity index (χ2v) is 3.67. The van der Waals surface area contributed by atoms with E-state index in [9.17, 15) is 0 Å². The van der Waals surface area contributed by atoms with E-state index in [0.29, 0.717) is 12.5 Å². The zero-order valence-corrected chi connectivity index (χ0v) is 8.28. The van der Waals surface area contributed by atoms with Gasteiger partial charge < -0.3 is 10.5 Å². The molecule has 0 bridgehead atoms. The molecule has 2 N–H and O–H groups in total. The van der Waals surface area contributed by atoms with Gasteiger partial charge in [-0.3, -0.25) is 4.98 Å². The van der Waals surface area contributed by atoms with Crippen molar-refractivity contribution in [2.45, 2.75) is 18.8 Å². The predicted molar refractivity (Wildman–Crippen MR) is 55.2 cm³/mol. The zero-order valence-electron chi connectivity index (χ0n) is 8.28. The molecule has 1 fully saturated rings. The molecular formula is C11H16N2O. The molecule has 2 rings (SSSR count). The Morgan fingerprint density at radius 2 is 2.50 bits per heavy atom. The molecule has 0 aliphatic carbocycles. The largest absolute Gasteiger partial charge is 0.381 e. The molecule has 76 valence electrons. The molecule has 1 atom stereocenters. The first-order valence-corrected chi connectivity index (χ1v) is 5.12. The van der Waals surface area contributed by atoms with Gasteiger partial charge in [0.15, 0.2) is 0 Å². The lowest BCUT2D eigenvalue weighted by Crippen LogP contribution is -2.08. The second-order valence-electron chi connectivity index (χ2n) is 3.67. The number of ether oxygens (including phenoxy) is 1. The molecule has 14 heavy (non-hydrogen) atoms. The fraction of sp³-hybridized carbons (Fsp3) is 0.545. The van der Waals surface area contributed by atoms with Gasteiger partial charge in [-0.05, 0) is 36.6 Å². The van der Waals surface area contributed by atoms with Gasteiger partial charge in [-0.2, -0.15) is 0 Å². The van der Waals surface area contributed by atoms with Crippen molar-refractivity contribution in [2.24, 2.45) is 5.73 Å². The van der Waals surface area contributed by atoms with Gasteiger partial charge >= 0.3 is 0 Å². The maximum absolute atomic E-state index is 5.57. The number of aromatic nitrogens is 1. The fourth-order valence-electron chi connectivity index (χ4n) is 1.98. The zero-order chi connectivity index (χ0) is 9.80. The first kappa shape index (κ1) is 9.62. The highest BCUT2D eigenvalue weighted by Gasteiger charge is 2.19. The number of hydrogen-bond donors (Lipinski definition) is 1. The topological polar surface area (TPSA) is 48.1 Å². The van der Waals surface area contributed by atoms with Crippen molar-refractivity contribution >= 4 is 0 Å². The fourth-order valence-corrected chi connectivity index (χ4v) is 1.98. The first-order chi connectivity index (χ1) is 6.92. The van der Waals surface area contributed by atoms with Crippen LogP contribution in [0, 0.1) is 0 Å². The van der Waals surface area contributed by atoms with Crippen LogP contribution in [0.2, 0.25) is 0 Å². The van der Waals surface area contributed by atoms with Crippen LogP contribution in [0.15, 0.2) is 18.5 Å². The van der Waals surface area contributed by atoms with Crippen LogP contribution in [0.5, 0.6) is 0 Å². The van der Waals surface area contributed by atoms with Crippen LogP contribution in [-0.4, -0.2) is 24.7 Å². The van der Waals surface area contributed by atoms with Crippen LogP contribution >= 0.6 is 0 Å². The normalized spacial score (nSPS) is 21.4. The van der Waals surface area contributed by atoms with Crippen LogP contribution in [0.3, 0.4) is 0 Å². The third kappa shape index (κ3) is 1.94. The summed E-state index contributed by atoms with van der Waals surface area (Å²) in [5.41, 5.74) is 8.23. The molecule has 1 aromatic heterocycles. The van der Waals surface area contributed by atoms with E-state index in [1.807, 2.05) is 12.4 Å². The molecule has 2 heterocycles. The molecule has 3 nitrogen and oxygen atoms in total. The van der Waals surface area contributed by atoms with Crippen molar-refractivity contribution in [1.82, 2.24) is 4.98 Å². The highest BCUT2D eigenvalue weighted by Crippen LogP contribution is 2.27. The number of hydrogen-bond acceptors (Lipinski definition) is 3. The SMILES string of the molecule is NCCc1cnccc1C1CCOC1. The van der Waals surface area contributed by atoms with Crippen molar-refractivity contribution < 1.29 is 4.74 Å². The molecule has 3 heteroatoms. The maximum atomic E-state index is 5.57. The quantitative estimate of drug-likeness (QED) is 0.779. The molecule has 0 spiro atoms. The minimum atomic E-state index is 0.555. The molecule has 1 saturated heterocycles. The average Bonchev–Trinajstić information content (AvgIpc) is 2.72. The molecule has 1 aliphatic rings. The van der Waals surface area contributed by atoms with Gasteiger partial charge in [0.25, 0.3) is 0 Å². The summed E-state index contributed by atoms with van der Waals surface area (Å²) in [6.45, 7) is 2.42. The monoisotopic (exact) mass is 192 g/mol. The Balaban J connectivity index is 2.21. The summed E-state index contributed by atoms with van der Waals surface area (Å²) >= 11 is 0. The van der Waals surface area contributed by atoms with E-state index >= 15 is 0 Å². The van der Waals surface area contributed by atoms with Gasteiger partial charge in [-0.25, -0.2) is 0 Å². The van der Waals surface area contributed by atoms with Gasteiger partial charge in [0.05, 0.1) is 6.61 Å². The minimum absolute atomic E-state index is 0.555.